The van der Waals surface area contributed by atoms with Crippen molar-refractivity contribution in [2.75, 3.05) is 13.7 Å². The molecule has 3 nitrogen and oxygen atoms in total. The Morgan fingerprint density at radius 2 is 2.00 bits per heavy atom. The van der Waals surface area contributed by atoms with Gasteiger partial charge in [-0.25, -0.2) is 0 Å². The van der Waals surface area contributed by atoms with E-state index in [2.05, 4.69) is 19.1 Å². The average molecular weight is 263 g/mol. The molecule has 0 aliphatic rings. The number of hydrogen-bond acceptors (Lipinski definition) is 2. The Bertz CT molecular complexity index is 638. The normalized spacial score (nSPS) is 10.8. The van der Waals surface area contributed by atoms with Crippen LogP contribution in [0, 0.1) is 25.2 Å². The van der Waals surface area contributed by atoms with Gasteiger partial charge >= 0.3 is 0 Å². The van der Waals surface area contributed by atoms with Crippen molar-refractivity contribution in [2.24, 2.45) is 0 Å². The maximum atomic E-state index is 9.24. The van der Waals surface area contributed by atoms with Gasteiger partial charge in [-0.05, 0) is 37.1 Å². The van der Waals surface area contributed by atoms with E-state index in [9.17, 15) is 5.26 Å². The standard InChI is InChI=1S/C14H15ClN2O/c1-9-6-11-12(8-16)14(15)17(4-5-18-3)13(11)7-10(9)2/h6-7H,4-5H2,1-3H3. The first-order valence-electron chi connectivity index (χ1n) is 5.78. The van der Waals surface area contributed by atoms with E-state index in [4.69, 9.17) is 16.3 Å². The van der Waals surface area contributed by atoms with Gasteiger partial charge in [-0.2, -0.15) is 5.26 Å². The average Bonchev–Trinajstić information content (AvgIpc) is 2.59. The van der Waals surface area contributed by atoms with Gasteiger partial charge in [0, 0.05) is 19.0 Å². The summed E-state index contributed by atoms with van der Waals surface area (Å²) < 4.78 is 7.02. The van der Waals surface area contributed by atoms with E-state index < -0.39 is 0 Å². The number of aryl methyl sites for hydroxylation is 2. The van der Waals surface area contributed by atoms with E-state index in [1.807, 2.05) is 17.6 Å². The molecule has 0 radical (unpaired) electrons. The summed E-state index contributed by atoms with van der Waals surface area (Å²) in [6.07, 6.45) is 0. The molecule has 1 heterocycles. The molecular weight excluding hydrogens is 248 g/mol. The van der Waals surface area contributed by atoms with Crippen molar-refractivity contribution in [1.29, 1.82) is 5.26 Å². The van der Waals surface area contributed by atoms with Crippen LogP contribution in [-0.4, -0.2) is 18.3 Å². The Labute approximate surface area is 112 Å². The summed E-state index contributed by atoms with van der Waals surface area (Å²) in [4.78, 5) is 0. The van der Waals surface area contributed by atoms with E-state index in [0.717, 1.165) is 10.9 Å². The minimum absolute atomic E-state index is 0.495. The summed E-state index contributed by atoms with van der Waals surface area (Å²) in [6.45, 7) is 5.32. The minimum Gasteiger partial charge on any atom is -0.383 e. The lowest BCUT2D eigenvalue weighted by Crippen LogP contribution is -2.04. The zero-order valence-electron chi connectivity index (χ0n) is 10.7. The first-order chi connectivity index (χ1) is 8.60. The van der Waals surface area contributed by atoms with E-state index >= 15 is 0 Å². The van der Waals surface area contributed by atoms with Gasteiger partial charge in [-0.1, -0.05) is 11.6 Å². The quantitative estimate of drug-likeness (QED) is 0.850. The SMILES string of the molecule is COCCn1c(Cl)c(C#N)c2cc(C)c(C)cc21. The second-order valence-corrected chi connectivity index (χ2v) is 4.73. The molecule has 0 unspecified atom stereocenters. The van der Waals surface area contributed by atoms with Crippen molar-refractivity contribution in [3.05, 3.63) is 34.0 Å². The van der Waals surface area contributed by atoms with Crippen LogP contribution in [0.3, 0.4) is 0 Å². The van der Waals surface area contributed by atoms with Crippen molar-refractivity contribution < 1.29 is 4.74 Å². The van der Waals surface area contributed by atoms with Crippen molar-refractivity contribution in [2.45, 2.75) is 20.4 Å². The summed E-state index contributed by atoms with van der Waals surface area (Å²) >= 11 is 6.28. The molecule has 1 aromatic carbocycles. The second-order valence-electron chi connectivity index (χ2n) is 4.38. The zero-order valence-corrected chi connectivity index (χ0v) is 11.5. The van der Waals surface area contributed by atoms with Gasteiger partial charge in [0.25, 0.3) is 0 Å². The van der Waals surface area contributed by atoms with Crippen LogP contribution in [0.4, 0.5) is 0 Å². The molecule has 0 aliphatic heterocycles. The fourth-order valence-corrected chi connectivity index (χ4v) is 2.40. The second kappa shape index (κ2) is 5.01. The fraction of sp³-hybridized carbons (Fsp3) is 0.357. The molecule has 0 aliphatic carbocycles. The highest BCUT2D eigenvalue weighted by Crippen LogP contribution is 2.31. The van der Waals surface area contributed by atoms with Crippen molar-refractivity contribution in [3.63, 3.8) is 0 Å². The van der Waals surface area contributed by atoms with E-state index in [-0.39, 0.29) is 0 Å². The maximum absolute atomic E-state index is 9.24. The summed E-state index contributed by atoms with van der Waals surface area (Å²) in [5, 5.41) is 10.6. The Balaban J connectivity index is 2.73. The molecule has 0 saturated heterocycles. The fourth-order valence-electron chi connectivity index (χ4n) is 2.08. The molecular formula is C14H15ClN2O. The maximum Gasteiger partial charge on any atom is 0.128 e. The summed E-state index contributed by atoms with van der Waals surface area (Å²) in [5.74, 6) is 0. The molecule has 0 N–H and O–H groups in total. The summed E-state index contributed by atoms with van der Waals surface area (Å²) in [7, 11) is 1.65. The van der Waals surface area contributed by atoms with E-state index in [0.29, 0.717) is 23.9 Å². The molecule has 4 heteroatoms. The van der Waals surface area contributed by atoms with Crippen molar-refractivity contribution in [1.82, 2.24) is 4.57 Å². The highest BCUT2D eigenvalue weighted by atomic mass is 35.5. The first kappa shape index (κ1) is 12.9. The third-order valence-corrected chi connectivity index (χ3v) is 3.64. The molecule has 0 spiro atoms. The van der Waals surface area contributed by atoms with Crippen LogP contribution >= 0.6 is 11.6 Å². The number of halogens is 1. The van der Waals surface area contributed by atoms with Gasteiger partial charge in [-0.3, -0.25) is 0 Å². The van der Waals surface area contributed by atoms with Gasteiger partial charge in [-0.15, -0.1) is 0 Å². The van der Waals surface area contributed by atoms with Crippen LogP contribution < -0.4 is 0 Å². The lowest BCUT2D eigenvalue weighted by atomic mass is 10.1. The van der Waals surface area contributed by atoms with E-state index in [1.165, 1.54) is 11.1 Å². The largest absolute Gasteiger partial charge is 0.383 e. The number of benzene rings is 1. The Hall–Kier alpha value is -1.50. The molecule has 0 bridgehead atoms. The predicted octanol–water partition coefficient (Wildman–Crippen LogP) is 3.43. The molecule has 94 valence electrons. The number of ether oxygens (including phenoxy) is 1. The number of nitrogens with zero attached hydrogens (tertiary/aromatic N) is 2. The van der Waals surface area contributed by atoms with Crippen LogP contribution in [0.5, 0.6) is 0 Å². The van der Waals surface area contributed by atoms with Gasteiger partial charge in [0.1, 0.15) is 11.2 Å². The van der Waals surface area contributed by atoms with Gasteiger partial charge in [0.05, 0.1) is 17.7 Å². The number of nitriles is 1. The molecule has 0 fully saturated rings. The van der Waals surface area contributed by atoms with Crippen LogP contribution in [-0.2, 0) is 11.3 Å². The lowest BCUT2D eigenvalue weighted by Gasteiger charge is -2.07. The third-order valence-electron chi connectivity index (χ3n) is 3.25. The smallest absolute Gasteiger partial charge is 0.128 e. The van der Waals surface area contributed by atoms with Crippen molar-refractivity contribution >= 4 is 22.5 Å². The monoisotopic (exact) mass is 262 g/mol. The van der Waals surface area contributed by atoms with Crippen molar-refractivity contribution in [3.8, 4) is 6.07 Å². The van der Waals surface area contributed by atoms with Crippen LogP contribution in [0.15, 0.2) is 12.1 Å². The molecule has 0 amide bonds. The highest BCUT2D eigenvalue weighted by molar-refractivity contribution is 6.32. The lowest BCUT2D eigenvalue weighted by molar-refractivity contribution is 0.188. The predicted molar refractivity (Wildman–Crippen MR) is 73.0 cm³/mol. The Morgan fingerprint density at radius 3 is 2.61 bits per heavy atom. The number of fused-ring (bicyclic) bond motifs is 1. The molecule has 1 aromatic heterocycles. The van der Waals surface area contributed by atoms with Gasteiger partial charge in [0.2, 0.25) is 0 Å². The molecule has 2 rings (SSSR count). The van der Waals surface area contributed by atoms with E-state index in [1.54, 1.807) is 7.11 Å². The molecule has 2 aromatic rings. The van der Waals surface area contributed by atoms with Gasteiger partial charge < -0.3 is 9.30 Å². The highest BCUT2D eigenvalue weighted by Gasteiger charge is 2.16. The number of aromatic nitrogens is 1. The molecule has 18 heavy (non-hydrogen) atoms. The summed E-state index contributed by atoms with van der Waals surface area (Å²) in [6, 6.07) is 6.29. The summed E-state index contributed by atoms with van der Waals surface area (Å²) in [5.41, 5.74) is 3.90. The molecule has 0 saturated carbocycles. The zero-order chi connectivity index (χ0) is 13.3. The van der Waals surface area contributed by atoms with Crippen LogP contribution in [0.25, 0.3) is 10.9 Å². The minimum atomic E-state index is 0.495. The third kappa shape index (κ3) is 1.98. The first-order valence-corrected chi connectivity index (χ1v) is 6.16. The van der Waals surface area contributed by atoms with Crippen LogP contribution in [0.1, 0.15) is 16.7 Å². The Kier molecular flexibility index (Phi) is 3.60. The topological polar surface area (TPSA) is 38.0 Å². The van der Waals surface area contributed by atoms with Crippen LogP contribution in [0.2, 0.25) is 5.15 Å². The number of methoxy groups -OCH3 is 1. The number of rotatable bonds is 3. The Morgan fingerprint density at radius 1 is 1.33 bits per heavy atom. The van der Waals surface area contributed by atoms with Gasteiger partial charge in [0.15, 0.2) is 0 Å². The molecule has 0 atom stereocenters. The number of hydrogen-bond donors (Lipinski definition) is 0.